The Hall–Kier alpha value is -2.50. The van der Waals surface area contributed by atoms with Gasteiger partial charge < -0.3 is 18.7 Å². The molecule has 0 N–H and O–H groups in total. The summed E-state index contributed by atoms with van der Waals surface area (Å²) in [5.74, 6) is 3.15. The molecule has 5 heteroatoms. The molecule has 0 aliphatic rings. The van der Waals surface area contributed by atoms with E-state index in [2.05, 4.69) is 37.3 Å². The summed E-state index contributed by atoms with van der Waals surface area (Å²) >= 11 is 1.61. The lowest BCUT2D eigenvalue weighted by Crippen LogP contribution is -2.16. The monoisotopic (exact) mass is 438 g/mol. The third-order valence-electron chi connectivity index (χ3n) is 4.86. The van der Waals surface area contributed by atoms with E-state index in [4.69, 9.17) is 13.9 Å². The molecule has 2 aromatic carbocycles. The van der Waals surface area contributed by atoms with E-state index in [1.54, 1.807) is 11.8 Å². The predicted octanol–water partition coefficient (Wildman–Crippen LogP) is 6.58. The lowest BCUT2D eigenvalue weighted by molar-refractivity contribution is -0.109. The van der Waals surface area contributed by atoms with Crippen molar-refractivity contribution in [3.8, 4) is 17.1 Å². The molecule has 0 aliphatic carbocycles. The zero-order valence-corrected chi connectivity index (χ0v) is 19.5. The quantitative estimate of drug-likeness (QED) is 0.316. The van der Waals surface area contributed by atoms with Crippen LogP contribution in [0.25, 0.3) is 11.3 Å². The Morgan fingerprint density at radius 2 is 1.84 bits per heavy atom. The molecule has 0 saturated carbocycles. The van der Waals surface area contributed by atoms with Crippen molar-refractivity contribution in [1.29, 1.82) is 0 Å². The SMILES string of the molecule is CCOCc1oc(-c2ccc(C)cc2)cc1COc1cccc(CSC(C)(C)C=O)c1. The maximum atomic E-state index is 11.1. The van der Waals surface area contributed by atoms with Gasteiger partial charge >= 0.3 is 0 Å². The van der Waals surface area contributed by atoms with Gasteiger partial charge in [0, 0.05) is 23.5 Å². The predicted molar refractivity (Wildman–Crippen MR) is 126 cm³/mol. The molecular formula is C26H30O4S. The minimum atomic E-state index is -0.395. The van der Waals surface area contributed by atoms with Gasteiger partial charge in [-0.25, -0.2) is 0 Å². The molecule has 0 aliphatic heterocycles. The molecule has 0 radical (unpaired) electrons. The van der Waals surface area contributed by atoms with E-state index < -0.39 is 4.75 Å². The van der Waals surface area contributed by atoms with Gasteiger partial charge in [0.1, 0.15) is 36.8 Å². The second kappa shape index (κ2) is 10.7. The van der Waals surface area contributed by atoms with Crippen LogP contribution in [-0.2, 0) is 28.5 Å². The molecule has 0 bridgehead atoms. The van der Waals surface area contributed by atoms with Crippen LogP contribution in [0.4, 0.5) is 0 Å². The third kappa shape index (κ3) is 6.74. The highest BCUT2D eigenvalue weighted by Crippen LogP contribution is 2.29. The molecule has 0 unspecified atom stereocenters. The van der Waals surface area contributed by atoms with Gasteiger partial charge in [-0.05, 0) is 51.5 Å². The molecule has 0 amide bonds. The van der Waals surface area contributed by atoms with Crippen molar-refractivity contribution in [2.75, 3.05) is 6.61 Å². The fourth-order valence-corrected chi connectivity index (χ4v) is 3.74. The Bertz CT molecular complexity index is 989. The number of hydrogen-bond acceptors (Lipinski definition) is 5. The third-order valence-corrected chi connectivity index (χ3v) is 6.18. The minimum Gasteiger partial charge on any atom is -0.489 e. The van der Waals surface area contributed by atoms with Crippen molar-refractivity contribution in [2.45, 2.75) is 51.4 Å². The number of carbonyl (C=O) groups is 1. The number of aryl methyl sites for hydroxylation is 1. The molecule has 1 heterocycles. The van der Waals surface area contributed by atoms with Crippen molar-refractivity contribution in [1.82, 2.24) is 0 Å². The second-order valence-corrected chi connectivity index (χ2v) is 9.64. The first-order valence-corrected chi connectivity index (χ1v) is 11.5. The summed E-state index contributed by atoms with van der Waals surface area (Å²) in [5.41, 5.74) is 4.35. The molecule has 3 aromatic rings. The van der Waals surface area contributed by atoms with Crippen LogP contribution in [0.5, 0.6) is 5.75 Å². The number of ether oxygens (including phenoxy) is 2. The Morgan fingerprint density at radius 3 is 2.55 bits per heavy atom. The van der Waals surface area contributed by atoms with E-state index in [1.165, 1.54) is 5.56 Å². The Labute approximate surface area is 189 Å². The smallest absolute Gasteiger partial charge is 0.136 e. The normalized spacial score (nSPS) is 11.5. The standard InChI is InChI=1S/C26H30O4S/c1-5-28-16-25-22(14-24(30-25)21-11-9-19(2)10-12-21)15-29-23-8-6-7-20(13-23)17-31-26(3,4)18-27/h6-14,18H,5,15-17H2,1-4H3. The summed E-state index contributed by atoms with van der Waals surface area (Å²) in [6.07, 6.45) is 0.989. The maximum absolute atomic E-state index is 11.1. The number of aldehydes is 1. The summed E-state index contributed by atoms with van der Waals surface area (Å²) in [5, 5.41) is 0. The molecule has 0 spiro atoms. The zero-order chi connectivity index (χ0) is 22.3. The minimum absolute atomic E-state index is 0.395. The highest BCUT2D eigenvalue weighted by molar-refractivity contribution is 8.00. The van der Waals surface area contributed by atoms with Gasteiger partial charge in [0.25, 0.3) is 0 Å². The largest absolute Gasteiger partial charge is 0.489 e. The van der Waals surface area contributed by atoms with Crippen LogP contribution in [0, 0.1) is 6.92 Å². The number of rotatable bonds is 11. The molecule has 0 fully saturated rings. The first-order chi connectivity index (χ1) is 14.9. The summed E-state index contributed by atoms with van der Waals surface area (Å²) < 4.78 is 17.4. The number of furan rings is 1. The number of hydrogen-bond donors (Lipinski definition) is 0. The Balaban J connectivity index is 1.72. The number of carbonyl (C=O) groups excluding carboxylic acids is 1. The highest BCUT2D eigenvalue weighted by Gasteiger charge is 2.17. The first kappa shape index (κ1) is 23.2. The van der Waals surface area contributed by atoms with E-state index in [1.807, 2.05) is 45.0 Å². The lowest BCUT2D eigenvalue weighted by Gasteiger charge is -2.16. The van der Waals surface area contributed by atoms with E-state index in [0.717, 1.165) is 46.0 Å². The molecule has 3 rings (SSSR count). The fraction of sp³-hybridized carbons (Fsp3) is 0.346. The summed E-state index contributed by atoms with van der Waals surface area (Å²) in [7, 11) is 0. The van der Waals surface area contributed by atoms with Gasteiger partial charge in [0.15, 0.2) is 0 Å². The zero-order valence-electron chi connectivity index (χ0n) is 18.6. The lowest BCUT2D eigenvalue weighted by atomic mass is 10.1. The van der Waals surface area contributed by atoms with E-state index in [-0.39, 0.29) is 0 Å². The van der Waals surface area contributed by atoms with Crippen LogP contribution in [-0.4, -0.2) is 17.6 Å². The summed E-state index contributed by atoms with van der Waals surface area (Å²) in [6.45, 7) is 9.32. The number of thioether (sulfide) groups is 1. The average molecular weight is 439 g/mol. The van der Waals surface area contributed by atoms with Crippen LogP contribution in [0.2, 0.25) is 0 Å². The molecule has 4 nitrogen and oxygen atoms in total. The Morgan fingerprint density at radius 1 is 1.06 bits per heavy atom. The molecule has 0 atom stereocenters. The molecule has 31 heavy (non-hydrogen) atoms. The van der Waals surface area contributed by atoms with Crippen LogP contribution < -0.4 is 4.74 Å². The van der Waals surface area contributed by atoms with Crippen molar-refractivity contribution < 1.29 is 18.7 Å². The molecule has 0 saturated heterocycles. The van der Waals surface area contributed by atoms with Gasteiger partial charge in [0.2, 0.25) is 0 Å². The van der Waals surface area contributed by atoms with E-state index in [0.29, 0.717) is 19.8 Å². The molecule has 164 valence electrons. The summed E-state index contributed by atoms with van der Waals surface area (Å²) in [6, 6.07) is 18.3. The average Bonchev–Trinajstić information content (AvgIpc) is 3.18. The van der Waals surface area contributed by atoms with Gasteiger partial charge in [0.05, 0.1) is 4.75 Å². The van der Waals surface area contributed by atoms with Gasteiger partial charge in [-0.3, -0.25) is 0 Å². The van der Waals surface area contributed by atoms with Crippen LogP contribution in [0.1, 0.15) is 43.2 Å². The van der Waals surface area contributed by atoms with E-state index in [9.17, 15) is 4.79 Å². The van der Waals surface area contributed by atoms with Crippen LogP contribution in [0.15, 0.2) is 59.0 Å². The van der Waals surface area contributed by atoms with Crippen LogP contribution in [0.3, 0.4) is 0 Å². The van der Waals surface area contributed by atoms with Gasteiger partial charge in [-0.1, -0.05) is 42.0 Å². The molecule has 1 aromatic heterocycles. The van der Waals surface area contributed by atoms with E-state index >= 15 is 0 Å². The van der Waals surface area contributed by atoms with Crippen molar-refractivity contribution in [3.63, 3.8) is 0 Å². The Kier molecular flexibility index (Phi) is 7.99. The van der Waals surface area contributed by atoms with Gasteiger partial charge in [-0.2, -0.15) is 0 Å². The highest BCUT2D eigenvalue weighted by atomic mass is 32.2. The van der Waals surface area contributed by atoms with Crippen molar-refractivity contribution in [2.24, 2.45) is 0 Å². The summed E-state index contributed by atoms with van der Waals surface area (Å²) in [4.78, 5) is 11.1. The fourth-order valence-electron chi connectivity index (χ4n) is 2.96. The maximum Gasteiger partial charge on any atom is 0.136 e. The second-order valence-electron chi connectivity index (χ2n) is 8.01. The number of benzene rings is 2. The van der Waals surface area contributed by atoms with Crippen molar-refractivity contribution in [3.05, 3.63) is 77.0 Å². The van der Waals surface area contributed by atoms with Crippen molar-refractivity contribution >= 4 is 18.0 Å². The topological polar surface area (TPSA) is 48.7 Å². The first-order valence-electron chi connectivity index (χ1n) is 10.5. The molecular weight excluding hydrogens is 408 g/mol. The van der Waals surface area contributed by atoms with Gasteiger partial charge in [-0.15, -0.1) is 11.8 Å². The van der Waals surface area contributed by atoms with Crippen LogP contribution >= 0.6 is 11.8 Å².